The zero-order valence-electron chi connectivity index (χ0n) is 30.0. The maximum atomic E-state index is 10.8. The quantitative estimate of drug-likeness (QED) is 0.0428. The van der Waals surface area contributed by atoms with E-state index in [9.17, 15) is 36.5 Å². The second kappa shape index (κ2) is 29.3. The van der Waals surface area contributed by atoms with Crippen LogP contribution >= 0.6 is 62.6 Å². The largest absolute Gasteiger partial charge is 0.481 e. The third-order valence-corrected chi connectivity index (χ3v) is 12.7. The number of hydrogen-bond acceptors (Lipinski definition) is 16. The highest BCUT2D eigenvalue weighted by Gasteiger charge is 2.34. The van der Waals surface area contributed by atoms with Crippen LogP contribution in [0, 0.1) is 0 Å². The second-order valence-corrected chi connectivity index (χ2v) is 21.6. The zero-order valence-corrected chi connectivity index (χ0v) is 37.1. The van der Waals surface area contributed by atoms with Crippen LogP contribution in [0.2, 0.25) is 0 Å². The summed E-state index contributed by atoms with van der Waals surface area (Å²) in [4.78, 5) is 101. The monoisotopic (exact) mass is 1000 g/mol. The number of phosphoric ester groups is 4. The van der Waals surface area contributed by atoms with Gasteiger partial charge in [-0.25, -0.2) is 36.5 Å². The molecule has 0 saturated heterocycles. The summed E-state index contributed by atoms with van der Waals surface area (Å²) >= 11 is 0. The maximum Gasteiger partial charge on any atom is 0.481 e. The molecule has 0 aliphatic heterocycles. The van der Waals surface area contributed by atoms with Crippen LogP contribution in [0.25, 0.3) is 0 Å². The Labute approximate surface area is 328 Å². The Hall–Kier alpha value is -0.000000000000000208. The van der Waals surface area contributed by atoms with E-state index in [4.69, 9.17) is 58.7 Å². The first-order valence-corrected chi connectivity index (χ1v) is 26.1. The van der Waals surface area contributed by atoms with E-state index in [0.717, 1.165) is 0 Å². The molecular weight excluding hydrogens is 948 g/mol. The lowest BCUT2D eigenvalue weighted by atomic mass is 10.3. The Balaban J connectivity index is -0.000000210. The van der Waals surface area contributed by atoms with E-state index < -0.39 is 62.6 Å². The van der Waals surface area contributed by atoms with Crippen molar-refractivity contribution in [2.75, 3.05) is 26.4 Å². The minimum Gasteiger partial charge on any atom is -0.302 e. The summed E-state index contributed by atoms with van der Waals surface area (Å²) in [5, 5.41) is 0. The molecule has 0 radical (unpaired) electrons. The minimum absolute atomic E-state index is 0. The van der Waals surface area contributed by atoms with Crippen LogP contribution in [-0.2, 0) is 71.9 Å². The Morgan fingerprint density at radius 2 is 0.474 bits per heavy atom. The van der Waals surface area contributed by atoms with Crippen LogP contribution in [0.4, 0.5) is 0 Å². The Kier molecular flexibility index (Phi) is 34.0. The van der Waals surface area contributed by atoms with Gasteiger partial charge in [0, 0.05) is 0 Å². The molecule has 0 amide bonds. The molecule has 4 unspecified atom stereocenters. The Morgan fingerprint density at radius 3 is 0.561 bits per heavy atom. The fourth-order valence-electron chi connectivity index (χ4n) is 1.97. The van der Waals surface area contributed by atoms with Gasteiger partial charge >= 0.3 is 62.6 Å². The van der Waals surface area contributed by atoms with Gasteiger partial charge in [-0.2, -0.15) is 17.2 Å². The molecule has 57 heavy (non-hydrogen) atoms. The van der Waals surface area contributed by atoms with Crippen molar-refractivity contribution >= 4 is 62.6 Å². The van der Waals surface area contributed by atoms with Crippen LogP contribution in [-0.4, -0.2) is 85.1 Å². The molecule has 0 rings (SSSR count). The zero-order chi connectivity index (χ0) is 45.6. The molecule has 0 aromatic rings. The highest BCUT2D eigenvalue weighted by Crippen LogP contribution is 2.60. The van der Waals surface area contributed by atoms with Crippen molar-refractivity contribution in [1.29, 1.82) is 0 Å². The van der Waals surface area contributed by atoms with Gasteiger partial charge in [-0.3, -0.25) is 18.1 Å². The van der Waals surface area contributed by atoms with E-state index in [2.05, 4.69) is 61.7 Å². The molecular formula is C21H52O28P8. The normalized spacial score (nSPS) is 16.0. The number of hydrogen-bond donors (Lipinski definition) is 12. The van der Waals surface area contributed by atoms with Crippen molar-refractivity contribution in [3.63, 3.8) is 0 Å². The predicted molar refractivity (Wildman–Crippen MR) is 200 cm³/mol. The van der Waals surface area contributed by atoms with Gasteiger partial charge in [0.2, 0.25) is 0 Å². The third-order valence-electron chi connectivity index (χ3n) is 3.97. The first kappa shape index (κ1) is 66.1. The minimum atomic E-state index is -5.01. The van der Waals surface area contributed by atoms with Gasteiger partial charge < -0.3 is 58.7 Å². The second-order valence-electron chi connectivity index (χ2n) is 10.3. The summed E-state index contributed by atoms with van der Waals surface area (Å²) in [5.74, 6) is 0. The molecule has 0 bridgehead atoms. The van der Waals surface area contributed by atoms with Gasteiger partial charge in [-0.15, -0.1) is 26.3 Å². The topological polar surface area (TPSA) is 453 Å². The fraction of sp³-hybridized carbons (Fsp3) is 0.619. The summed E-state index contributed by atoms with van der Waals surface area (Å²) in [6, 6.07) is 0. The molecule has 0 aliphatic rings. The van der Waals surface area contributed by atoms with Crippen molar-refractivity contribution < 1.29 is 131 Å². The molecule has 0 aromatic heterocycles. The average Bonchev–Trinajstić information content (AvgIpc) is 2.82. The van der Waals surface area contributed by atoms with Crippen molar-refractivity contribution in [3.05, 3.63) is 48.6 Å². The summed E-state index contributed by atoms with van der Waals surface area (Å²) in [6.07, 6.45) is 1.20. The molecule has 0 heterocycles. The first-order valence-electron chi connectivity index (χ1n) is 14.0. The molecule has 36 heteroatoms. The van der Waals surface area contributed by atoms with Gasteiger partial charge in [-0.1, -0.05) is 29.7 Å². The summed E-state index contributed by atoms with van der Waals surface area (Å²) in [6.45, 7) is 20.0. The summed E-state index contributed by atoms with van der Waals surface area (Å²) in [5.41, 5.74) is 2.84. The van der Waals surface area contributed by atoms with Crippen molar-refractivity contribution in [1.82, 2.24) is 0 Å². The van der Waals surface area contributed by atoms with Crippen molar-refractivity contribution in [2.45, 2.75) is 60.8 Å². The number of phosphoric acid groups is 8. The predicted octanol–water partition coefficient (Wildman–Crippen LogP) is 5.35. The first-order chi connectivity index (χ1) is 24.5. The lowest BCUT2D eigenvalue weighted by Gasteiger charge is -2.11. The summed E-state index contributed by atoms with van der Waals surface area (Å²) < 4.78 is 115. The lowest BCUT2D eigenvalue weighted by Crippen LogP contribution is -1.96. The van der Waals surface area contributed by atoms with E-state index >= 15 is 0 Å². The van der Waals surface area contributed by atoms with E-state index in [1.165, 1.54) is 0 Å². The van der Waals surface area contributed by atoms with Gasteiger partial charge in [0.1, 0.15) is 0 Å². The van der Waals surface area contributed by atoms with Gasteiger partial charge in [0.25, 0.3) is 0 Å². The van der Waals surface area contributed by atoms with Crippen molar-refractivity contribution in [3.8, 4) is 0 Å². The van der Waals surface area contributed by atoms with E-state index in [1.807, 2.05) is 0 Å². The highest BCUT2D eigenvalue weighted by atomic mass is 31.3. The SMILES string of the molecule is C.C=C(C)CCOP(=O)(O)OP(=O)(O)O.C=C(C)CCOP(=O)(O)OP(=O)(O)O.C=C(C)CCOP(=O)(O)OP(=O)(O)O.C=C(C)CCOP(=O)(O)OP(=O)(O)O. The van der Waals surface area contributed by atoms with E-state index in [-0.39, 0.29) is 33.9 Å². The third kappa shape index (κ3) is 60.4. The van der Waals surface area contributed by atoms with Crippen molar-refractivity contribution in [2.24, 2.45) is 0 Å². The van der Waals surface area contributed by atoms with Crippen LogP contribution in [0.3, 0.4) is 0 Å². The molecule has 28 nitrogen and oxygen atoms in total. The van der Waals surface area contributed by atoms with Crippen LogP contribution in [0.1, 0.15) is 60.8 Å². The molecule has 0 spiro atoms. The maximum absolute atomic E-state index is 10.8. The van der Waals surface area contributed by atoms with Crippen LogP contribution in [0.15, 0.2) is 48.6 Å². The van der Waals surface area contributed by atoms with Gasteiger partial charge in [0.15, 0.2) is 0 Å². The van der Waals surface area contributed by atoms with Crippen LogP contribution in [0.5, 0.6) is 0 Å². The molecule has 0 aliphatic carbocycles. The van der Waals surface area contributed by atoms with Crippen LogP contribution < -0.4 is 0 Å². The number of rotatable bonds is 24. The molecule has 344 valence electrons. The smallest absolute Gasteiger partial charge is 0.302 e. The fourth-order valence-corrected chi connectivity index (χ4v) is 8.32. The standard InChI is InChI=1S/4C5H12O7P2.CH4/c4*1-5(2)3-4-11-14(9,10)12-13(6,7)8;/h4*1,3-4H2,2H3,(H,9,10)(H2,6,7,8);1H4. The molecule has 12 N–H and O–H groups in total. The lowest BCUT2D eigenvalue weighted by molar-refractivity contribution is 0.177. The molecule has 0 fully saturated rings. The highest BCUT2D eigenvalue weighted by molar-refractivity contribution is 7.62. The van der Waals surface area contributed by atoms with Gasteiger partial charge in [-0.05, 0) is 53.4 Å². The average molecular weight is 1000 g/mol. The van der Waals surface area contributed by atoms with Gasteiger partial charge in [0.05, 0.1) is 26.4 Å². The van der Waals surface area contributed by atoms with E-state index in [1.54, 1.807) is 27.7 Å². The summed E-state index contributed by atoms with van der Waals surface area (Å²) in [7, 11) is -38.7. The Bertz CT molecular complexity index is 1410. The van der Waals surface area contributed by atoms with E-state index in [0.29, 0.717) is 48.0 Å². The Morgan fingerprint density at radius 1 is 0.351 bits per heavy atom. The molecule has 0 saturated carbocycles. The molecule has 4 atom stereocenters. The molecule has 0 aromatic carbocycles.